The molecule has 0 aliphatic carbocycles. The number of thiocarbonyl (C=S) groups is 1. The quantitative estimate of drug-likeness (QED) is 0.540. The first kappa shape index (κ1) is 20.7. The van der Waals surface area contributed by atoms with Crippen molar-refractivity contribution in [2.45, 2.75) is 18.9 Å². The second kappa shape index (κ2) is 8.54. The van der Waals surface area contributed by atoms with Gasteiger partial charge in [-0.25, -0.2) is 12.8 Å². The Morgan fingerprint density at radius 2 is 2.21 bits per heavy atom. The van der Waals surface area contributed by atoms with Crippen LogP contribution >= 0.6 is 24.0 Å². The number of rotatable bonds is 6. The van der Waals surface area contributed by atoms with Crippen LogP contribution in [-0.2, 0) is 19.4 Å². The minimum atomic E-state index is -3.22. The zero-order valence-electron chi connectivity index (χ0n) is 14.6. The number of benzene rings is 1. The van der Waals surface area contributed by atoms with Crippen molar-refractivity contribution in [2.75, 3.05) is 12.3 Å². The SMILES string of the molecule is O=C(CCCN1C(=O)C(=Cc2cccc(F)c2)SC1=S)NC1C=CS(=O)(=O)C1. The summed E-state index contributed by atoms with van der Waals surface area (Å²) < 4.78 is 36.4. The van der Waals surface area contributed by atoms with E-state index in [0.717, 1.165) is 17.2 Å². The van der Waals surface area contributed by atoms with Gasteiger partial charge in [0.05, 0.1) is 16.7 Å². The first-order valence-electron chi connectivity index (χ1n) is 8.45. The Balaban J connectivity index is 1.51. The molecule has 1 aromatic carbocycles. The van der Waals surface area contributed by atoms with Gasteiger partial charge in [-0.1, -0.05) is 36.1 Å². The number of hydrogen-bond acceptors (Lipinski definition) is 6. The molecule has 2 aliphatic rings. The van der Waals surface area contributed by atoms with Gasteiger partial charge in [0.15, 0.2) is 9.84 Å². The highest BCUT2D eigenvalue weighted by Crippen LogP contribution is 2.32. The minimum absolute atomic E-state index is 0.127. The van der Waals surface area contributed by atoms with Crippen molar-refractivity contribution < 1.29 is 22.4 Å². The van der Waals surface area contributed by atoms with E-state index >= 15 is 0 Å². The van der Waals surface area contributed by atoms with E-state index in [1.807, 2.05) is 0 Å². The number of sulfone groups is 1. The maximum atomic E-state index is 13.3. The largest absolute Gasteiger partial charge is 0.349 e. The fourth-order valence-corrected chi connectivity index (χ4v) is 5.33. The normalized spacial score (nSPS) is 22.2. The van der Waals surface area contributed by atoms with Gasteiger partial charge in [0.1, 0.15) is 10.1 Å². The minimum Gasteiger partial charge on any atom is -0.349 e. The summed E-state index contributed by atoms with van der Waals surface area (Å²) in [5.74, 6) is -1.07. The van der Waals surface area contributed by atoms with Crippen molar-refractivity contribution in [2.24, 2.45) is 0 Å². The fourth-order valence-electron chi connectivity index (χ4n) is 2.78. The number of thioether (sulfide) groups is 1. The average Bonchev–Trinajstić information content (AvgIpc) is 3.08. The van der Waals surface area contributed by atoms with E-state index in [9.17, 15) is 22.4 Å². The number of carbonyl (C=O) groups excluding carboxylic acids is 2. The van der Waals surface area contributed by atoms with Gasteiger partial charge in [0, 0.05) is 18.4 Å². The van der Waals surface area contributed by atoms with Crippen molar-refractivity contribution in [3.05, 3.63) is 52.0 Å². The molecule has 1 saturated heterocycles. The van der Waals surface area contributed by atoms with Crippen molar-refractivity contribution in [1.29, 1.82) is 0 Å². The summed E-state index contributed by atoms with van der Waals surface area (Å²) >= 11 is 6.37. The lowest BCUT2D eigenvalue weighted by molar-refractivity contribution is -0.124. The highest BCUT2D eigenvalue weighted by atomic mass is 32.2. The number of hydrogen-bond donors (Lipinski definition) is 1. The Bertz CT molecular complexity index is 988. The summed E-state index contributed by atoms with van der Waals surface area (Å²) in [6.45, 7) is 0.275. The third kappa shape index (κ3) is 5.27. The highest BCUT2D eigenvalue weighted by molar-refractivity contribution is 8.26. The summed E-state index contributed by atoms with van der Waals surface area (Å²) in [5.41, 5.74) is 0.569. The van der Waals surface area contributed by atoms with Gasteiger partial charge < -0.3 is 5.32 Å². The van der Waals surface area contributed by atoms with Gasteiger partial charge in [0.25, 0.3) is 5.91 Å². The van der Waals surface area contributed by atoms with E-state index in [2.05, 4.69) is 5.32 Å². The maximum Gasteiger partial charge on any atom is 0.266 e. The van der Waals surface area contributed by atoms with Crippen LogP contribution in [0.5, 0.6) is 0 Å². The molecule has 0 radical (unpaired) electrons. The van der Waals surface area contributed by atoms with Gasteiger partial charge in [0.2, 0.25) is 5.91 Å². The van der Waals surface area contributed by atoms with Gasteiger partial charge in [-0.05, 0) is 36.3 Å². The van der Waals surface area contributed by atoms with Crippen molar-refractivity contribution in [3.63, 3.8) is 0 Å². The topological polar surface area (TPSA) is 83.6 Å². The Kier molecular flexibility index (Phi) is 6.31. The molecule has 0 bridgehead atoms. The molecule has 1 fully saturated rings. The van der Waals surface area contributed by atoms with Crippen LogP contribution in [0.2, 0.25) is 0 Å². The zero-order chi connectivity index (χ0) is 20.3. The van der Waals surface area contributed by atoms with Crippen LogP contribution in [0, 0.1) is 5.82 Å². The van der Waals surface area contributed by atoms with Gasteiger partial charge in [-0.3, -0.25) is 14.5 Å². The molecule has 148 valence electrons. The summed E-state index contributed by atoms with van der Waals surface area (Å²) in [7, 11) is -3.22. The number of halogens is 1. The third-order valence-corrected chi connectivity index (χ3v) is 6.86. The molecule has 2 heterocycles. The Labute approximate surface area is 171 Å². The smallest absolute Gasteiger partial charge is 0.266 e. The molecule has 1 N–H and O–H groups in total. The second-order valence-electron chi connectivity index (χ2n) is 6.32. The van der Waals surface area contributed by atoms with Crippen LogP contribution in [0.1, 0.15) is 18.4 Å². The molecule has 0 spiro atoms. The summed E-state index contributed by atoms with van der Waals surface area (Å²) in [6.07, 6.45) is 3.56. The van der Waals surface area contributed by atoms with E-state index in [0.29, 0.717) is 21.2 Å². The van der Waals surface area contributed by atoms with Crippen LogP contribution in [0.25, 0.3) is 6.08 Å². The Morgan fingerprint density at radius 1 is 1.43 bits per heavy atom. The summed E-state index contributed by atoms with van der Waals surface area (Å²) in [4.78, 5) is 26.3. The average molecular weight is 441 g/mol. The number of amides is 2. The molecule has 1 atom stereocenters. The first-order valence-corrected chi connectivity index (χ1v) is 11.4. The molecule has 28 heavy (non-hydrogen) atoms. The second-order valence-corrected chi connectivity index (χ2v) is 9.93. The van der Waals surface area contributed by atoms with Crippen LogP contribution in [0.4, 0.5) is 4.39 Å². The van der Waals surface area contributed by atoms with Crippen molar-refractivity contribution in [3.8, 4) is 0 Å². The molecule has 0 aromatic heterocycles. The Hall–Kier alpha value is -2.04. The lowest BCUT2D eigenvalue weighted by Gasteiger charge is -2.15. The van der Waals surface area contributed by atoms with Gasteiger partial charge in [-0.15, -0.1) is 0 Å². The number of nitrogens with one attached hydrogen (secondary N) is 1. The number of nitrogens with zero attached hydrogens (tertiary/aromatic N) is 1. The molecular formula is C18H17FN2O4S3. The lowest BCUT2D eigenvalue weighted by Crippen LogP contribution is -2.36. The summed E-state index contributed by atoms with van der Waals surface area (Å²) in [6, 6.07) is 5.39. The molecular weight excluding hydrogens is 423 g/mol. The first-order chi connectivity index (χ1) is 13.2. The zero-order valence-corrected chi connectivity index (χ0v) is 17.1. The van der Waals surface area contributed by atoms with Gasteiger partial charge >= 0.3 is 0 Å². The van der Waals surface area contributed by atoms with E-state index in [1.54, 1.807) is 18.2 Å². The third-order valence-electron chi connectivity index (χ3n) is 4.08. The van der Waals surface area contributed by atoms with E-state index < -0.39 is 15.9 Å². The molecule has 0 saturated carbocycles. The van der Waals surface area contributed by atoms with Crippen LogP contribution in [0.15, 0.2) is 40.7 Å². The predicted molar refractivity (Wildman–Crippen MR) is 110 cm³/mol. The molecule has 3 rings (SSSR count). The molecule has 10 heteroatoms. The van der Waals surface area contributed by atoms with Crippen LogP contribution < -0.4 is 5.32 Å². The number of carbonyl (C=O) groups is 2. The Morgan fingerprint density at radius 3 is 2.89 bits per heavy atom. The van der Waals surface area contributed by atoms with E-state index in [-0.39, 0.29) is 36.4 Å². The maximum absolute atomic E-state index is 13.3. The summed E-state index contributed by atoms with van der Waals surface area (Å²) in [5, 5.41) is 3.74. The standard InChI is InChI=1S/C18H17FN2O4S3/c19-13-4-1-3-12(9-13)10-15-17(23)21(18(26)27-15)7-2-5-16(22)20-14-6-8-28(24,25)11-14/h1,3-4,6,8-10,14H,2,5,7,11H2,(H,20,22). The van der Waals surface area contributed by atoms with E-state index in [4.69, 9.17) is 12.2 Å². The monoisotopic (exact) mass is 440 g/mol. The van der Waals surface area contributed by atoms with Crippen LogP contribution in [0.3, 0.4) is 0 Å². The fraction of sp³-hybridized carbons (Fsp3) is 0.278. The molecule has 1 aromatic rings. The predicted octanol–water partition coefficient (Wildman–Crippen LogP) is 2.23. The van der Waals surface area contributed by atoms with Crippen molar-refractivity contribution >= 4 is 56.0 Å². The van der Waals surface area contributed by atoms with Gasteiger partial charge in [-0.2, -0.15) is 0 Å². The van der Waals surface area contributed by atoms with E-state index in [1.165, 1.54) is 23.1 Å². The molecule has 2 amide bonds. The lowest BCUT2D eigenvalue weighted by atomic mass is 10.2. The van der Waals surface area contributed by atoms with Crippen LogP contribution in [-0.4, -0.2) is 47.8 Å². The van der Waals surface area contributed by atoms with Crippen molar-refractivity contribution in [1.82, 2.24) is 10.2 Å². The molecule has 1 unspecified atom stereocenters. The highest BCUT2D eigenvalue weighted by Gasteiger charge is 2.31. The molecule has 2 aliphatic heterocycles. The molecule has 6 nitrogen and oxygen atoms in total.